The highest BCUT2D eigenvalue weighted by Crippen LogP contribution is 2.18. The highest BCUT2D eigenvalue weighted by Gasteiger charge is 2.15. The summed E-state index contributed by atoms with van der Waals surface area (Å²) >= 11 is 0. The second kappa shape index (κ2) is 5.82. The van der Waals surface area contributed by atoms with Crippen LogP contribution in [0.3, 0.4) is 0 Å². The molecular weight excluding hydrogens is 212 g/mol. The van der Waals surface area contributed by atoms with Crippen LogP contribution in [-0.2, 0) is 4.79 Å². The maximum Gasteiger partial charge on any atom is 0.237 e. The van der Waals surface area contributed by atoms with E-state index in [0.29, 0.717) is 6.42 Å². The number of hydrogen-bond donors (Lipinski definition) is 2. The summed E-state index contributed by atoms with van der Waals surface area (Å²) in [5, 5.41) is 2.95. The monoisotopic (exact) mass is 234 g/mol. The lowest BCUT2D eigenvalue weighted by atomic mass is 9.99. The Morgan fingerprint density at radius 1 is 1.41 bits per heavy atom. The van der Waals surface area contributed by atoms with Gasteiger partial charge < -0.3 is 11.1 Å². The van der Waals surface area contributed by atoms with Crippen LogP contribution in [0, 0.1) is 13.8 Å². The van der Waals surface area contributed by atoms with Crippen molar-refractivity contribution >= 4 is 5.91 Å². The fourth-order valence-electron chi connectivity index (χ4n) is 1.81. The molecule has 1 amide bonds. The molecule has 94 valence electrons. The van der Waals surface area contributed by atoms with E-state index >= 15 is 0 Å². The summed E-state index contributed by atoms with van der Waals surface area (Å²) < 4.78 is 0. The van der Waals surface area contributed by atoms with Gasteiger partial charge in [0.1, 0.15) is 0 Å². The molecule has 2 atom stereocenters. The Morgan fingerprint density at radius 3 is 2.65 bits per heavy atom. The molecule has 1 unspecified atom stereocenters. The van der Waals surface area contributed by atoms with Crippen LogP contribution in [0.25, 0.3) is 0 Å². The molecule has 0 aromatic heterocycles. The van der Waals surface area contributed by atoms with Crippen molar-refractivity contribution in [2.75, 3.05) is 0 Å². The number of carbonyl (C=O) groups excluding carboxylic acids is 1. The molecule has 17 heavy (non-hydrogen) atoms. The molecule has 0 fully saturated rings. The van der Waals surface area contributed by atoms with Crippen LogP contribution in [0.15, 0.2) is 18.2 Å². The summed E-state index contributed by atoms with van der Waals surface area (Å²) in [5.74, 6) is -0.0825. The van der Waals surface area contributed by atoms with Crippen molar-refractivity contribution < 1.29 is 4.79 Å². The van der Waals surface area contributed by atoms with Gasteiger partial charge in [-0.15, -0.1) is 0 Å². The second-order valence-corrected chi connectivity index (χ2v) is 4.61. The van der Waals surface area contributed by atoms with Gasteiger partial charge in [0.25, 0.3) is 0 Å². The van der Waals surface area contributed by atoms with Gasteiger partial charge in [0.15, 0.2) is 0 Å². The Morgan fingerprint density at radius 2 is 2.06 bits per heavy atom. The quantitative estimate of drug-likeness (QED) is 0.839. The fourth-order valence-corrected chi connectivity index (χ4v) is 1.81. The lowest BCUT2D eigenvalue weighted by Gasteiger charge is -2.19. The predicted octanol–water partition coefficient (Wildman–Crippen LogP) is 2.22. The number of benzene rings is 1. The molecule has 3 nitrogen and oxygen atoms in total. The minimum atomic E-state index is -0.414. The van der Waals surface area contributed by atoms with Crippen LogP contribution >= 0.6 is 0 Å². The van der Waals surface area contributed by atoms with Gasteiger partial charge in [0.2, 0.25) is 5.91 Å². The van der Waals surface area contributed by atoms with E-state index in [1.165, 1.54) is 11.1 Å². The van der Waals surface area contributed by atoms with Gasteiger partial charge in [-0.3, -0.25) is 4.79 Å². The minimum absolute atomic E-state index is 0.000000000000000444. The molecular formula is C14H22N2O. The number of aryl methyl sites for hydroxylation is 2. The van der Waals surface area contributed by atoms with Crippen molar-refractivity contribution in [1.82, 2.24) is 5.32 Å². The number of carbonyl (C=O) groups is 1. The van der Waals surface area contributed by atoms with E-state index < -0.39 is 6.04 Å². The van der Waals surface area contributed by atoms with Gasteiger partial charge in [0, 0.05) is 0 Å². The second-order valence-electron chi connectivity index (χ2n) is 4.61. The molecule has 0 aliphatic carbocycles. The molecule has 0 aliphatic heterocycles. The Hall–Kier alpha value is -1.35. The van der Waals surface area contributed by atoms with Gasteiger partial charge in [-0.2, -0.15) is 0 Å². The molecule has 0 radical (unpaired) electrons. The third-order valence-corrected chi connectivity index (χ3v) is 3.04. The number of nitrogens with one attached hydrogen (secondary N) is 1. The standard InChI is InChI=1S/C14H22N2O/c1-5-13(15)14(17)16-11(4)12-8-9(2)6-7-10(12)3/h6-8,11,13H,5,15H2,1-4H3,(H,16,17)/t11?,13-/m0/s1. The van der Waals surface area contributed by atoms with Crippen LogP contribution in [-0.4, -0.2) is 11.9 Å². The van der Waals surface area contributed by atoms with Crippen molar-refractivity contribution in [3.05, 3.63) is 34.9 Å². The van der Waals surface area contributed by atoms with E-state index in [1.807, 2.05) is 13.8 Å². The van der Waals surface area contributed by atoms with Gasteiger partial charge >= 0.3 is 0 Å². The number of amides is 1. The molecule has 1 aromatic carbocycles. The Bertz CT molecular complexity index is 401. The van der Waals surface area contributed by atoms with Gasteiger partial charge in [0.05, 0.1) is 12.1 Å². The third kappa shape index (κ3) is 3.56. The maximum atomic E-state index is 11.7. The van der Waals surface area contributed by atoms with Crippen molar-refractivity contribution in [1.29, 1.82) is 0 Å². The molecule has 1 rings (SSSR count). The van der Waals surface area contributed by atoms with E-state index in [2.05, 4.69) is 37.4 Å². The lowest BCUT2D eigenvalue weighted by Crippen LogP contribution is -2.41. The highest BCUT2D eigenvalue weighted by atomic mass is 16.2. The number of nitrogens with two attached hydrogens (primary N) is 1. The molecule has 0 bridgehead atoms. The van der Waals surface area contributed by atoms with Crippen molar-refractivity contribution in [2.24, 2.45) is 5.73 Å². The van der Waals surface area contributed by atoms with E-state index in [9.17, 15) is 4.79 Å². The van der Waals surface area contributed by atoms with Crippen molar-refractivity contribution in [3.63, 3.8) is 0 Å². The first kappa shape index (κ1) is 13.7. The Labute approximate surface area is 103 Å². The molecule has 0 saturated heterocycles. The van der Waals surface area contributed by atoms with Crippen LogP contribution in [0.5, 0.6) is 0 Å². The first-order valence-corrected chi connectivity index (χ1v) is 6.08. The topological polar surface area (TPSA) is 55.1 Å². The zero-order valence-electron chi connectivity index (χ0n) is 11.1. The molecule has 0 heterocycles. The molecule has 0 saturated carbocycles. The Kier molecular flexibility index (Phi) is 4.70. The molecule has 3 heteroatoms. The normalized spacial score (nSPS) is 14.2. The highest BCUT2D eigenvalue weighted by molar-refractivity contribution is 5.81. The van der Waals surface area contributed by atoms with Crippen LogP contribution in [0.4, 0.5) is 0 Å². The smallest absolute Gasteiger partial charge is 0.237 e. The first-order valence-electron chi connectivity index (χ1n) is 6.08. The van der Waals surface area contributed by atoms with Gasteiger partial charge in [-0.1, -0.05) is 30.7 Å². The fraction of sp³-hybridized carbons (Fsp3) is 0.500. The summed E-state index contributed by atoms with van der Waals surface area (Å²) in [4.78, 5) is 11.7. The molecule has 0 spiro atoms. The first-order chi connectivity index (χ1) is 7.95. The number of rotatable bonds is 4. The zero-order chi connectivity index (χ0) is 13.0. The number of hydrogen-bond acceptors (Lipinski definition) is 2. The van der Waals surface area contributed by atoms with E-state index in [-0.39, 0.29) is 11.9 Å². The third-order valence-electron chi connectivity index (χ3n) is 3.04. The Balaban J connectivity index is 2.79. The molecule has 0 aliphatic rings. The van der Waals surface area contributed by atoms with Crippen molar-refractivity contribution in [2.45, 2.75) is 46.2 Å². The average molecular weight is 234 g/mol. The van der Waals surface area contributed by atoms with E-state index in [0.717, 1.165) is 5.56 Å². The van der Waals surface area contributed by atoms with E-state index in [4.69, 9.17) is 5.73 Å². The van der Waals surface area contributed by atoms with Crippen molar-refractivity contribution in [3.8, 4) is 0 Å². The summed E-state index contributed by atoms with van der Waals surface area (Å²) in [6.07, 6.45) is 0.658. The predicted molar refractivity (Wildman–Crippen MR) is 70.7 cm³/mol. The average Bonchev–Trinajstić information content (AvgIpc) is 2.30. The molecule has 3 N–H and O–H groups in total. The zero-order valence-corrected chi connectivity index (χ0v) is 11.1. The van der Waals surface area contributed by atoms with Crippen LogP contribution in [0.2, 0.25) is 0 Å². The van der Waals surface area contributed by atoms with Crippen LogP contribution in [0.1, 0.15) is 43.0 Å². The van der Waals surface area contributed by atoms with E-state index in [1.54, 1.807) is 0 Å². The lowest BCUT2D eigenvalue weighted by molar-refractivity contribution is -0.123. The SMILES string of the molecule is CC[C@H](N)C(=O)NC(C)c1cc(C)ccc1C. The maximum absolute atomic E-state index is 11.7. The largest absolute Gasteiger partial charge is 0.348 e. The van der Waals surface area contributed by atoms with Crippen LogP contribution < -0.4 is 11.1 Å². The molecule has 1 aromatic rings. The van der Waals surface area contributed by atoms with Gasteiger partial charge in [-0.25, -0.2) is 0 Å². The minimum Gasteiger partial charge on any atom is -0.348 e. The van der Waals surface area contributed by atoms with Gasteiger partial charge in [-0.05, 0) is 38.3 Å². The summed E-state index contributed by atoms with van der Waals surface area (Å²) in [5.41, 5.74) is 9.24. The summed E-state index contributed by atoms with van der Waals surface area (Å²) in [6.45, 7) is 8.00. The summed E-state index contributed by atoms with van der Waals surface area (Å²) in [7, 11) is 0. The summed E-state index contributed by atoms with van der Waals surface area (Å²) in [6, 6.07) is 5.85.